The molecule has 1 atom stereocenters. The maximum absolute atomic E-state index is 12.9. The number of halogens is 1. The number of benzene rings is 1. The van der Waals surface area contributed by atoms with Crippen LogP contribution in [0.2, 0.25) is 5.02 Å². The zero-order chi connectivity index (χ0) is 17.3. The van der Waals surface area contributed by atoms with Gasteiger partial charge in [0.15, 0.2) is 0 Å². The molecule has 24 heavy (non-hydrogen) atoms. The summed E-state index contributed by atoms with van der Waals surface area (Å²) in [5.74, 6) is 0.00971. The summed E-state index contributed by atoms with van der Waals surface area (Å²) in [6.07, 6.45) is 3.07. The highest BCUT2D eigenvalue weighted by molar-refractivity contribution is 6.30. The van der Waals surface area contributed by atoms with Crippen LogP contribution >= 0.6 is 11.6 Å². The van der Waals surface area contributed by atoms with Gasteiger partial charge in [0.05, 0.1) is 29.8 Å². The standard InChI is InChI=1S/C18H16ClN3O2/c1-22(18(23)14-8-13(19)10-21-17(14)24-2)15-7-6-11-4-3-5-12(9-20)16(11)15/h3-5,8,10,15H,6-7H2,1-2H3. The van der Waals surface area contributed by atoms with E-state index in [2.05, 4.69) is 11.1 Å². The van der Waals surface area contributed by atoms with Gasteiger partial charge in [-0.1, -0.05) is 23.7 Å². The van der Waals surface area contributed by atoms with E-state index in [9.17, 15) is 10.1 Å². The number of fused-ring (bicyclic) bond motifs is 1. The molecule has 1 heterocycles. The predicted octanol–water partition coefficient (Wildman–Crippen LogP) is 3.37. The van der Waals surface area contributed by atoms with Crippen LogP contribution in [0.5, 0.6) is 5.88 Å². The van der Waals surface area contributed by atoms with Gasteiger partial charge in [-0.25, -0.2) is 4.98 Å². The van der Waals surface area contributed by atoms with Crippen molar-refractivity contribution in [3.63, 3.8) is 0 Å². The Morgan fingerprint density at radius 2 is 2.29 bits per heavy atom. The number of rotatable bonds is 3. The molecular formula is C18H16ClN3O2. The van der Waals surface area contributed by atoms with E-state index in [0.29, 0.717) is 16.1 Å². The Morgan fingerprint density at radius 1 is 1.50 bits per heavy atom. The van der Waals surface area contributed by atoms with Gasteiger partial charge in [0.2, 0.25) is 5.88 Å². The second-order valence-electron chi connectivity index (χ2n) is 5.67. The second-order valence-corrected chi connectivity index (χ2v) is 6.11. The van der Waals surface area contributed by atoms with Crippen LogP contribution in [-0.4, -0.2) is 29.9 Å². The summed E-state index contributed by atoms with van der Waals surface area (Å²) in [7, 11) is 3.20. The molecule has 0 N–H and O–H groups in total. The lowest BCUT2D eigenvalue weighted by molar-refractivity contribution is 0.0726. The zero-order valence-corrected chi connectivity index (χ0v) is 14.2. The van der Waals surface area contributed by atoms with Gasteiger partial charge in [-0.15, -0.1) is 0 Å². The van der Waals surface area contributed by atoms with Crippen molar-refractivity contribution in [3.8, 4) is 11.9 Å². The van der Waals surface area contributed by atoms with Crippen LogP contribution in [-0.2, 0) is 6.42 Å². The molecule has 0 saturated heterocycles. The molecule has 3 rings (SSSR count). The number of hydrogen-bond donors (Lipinski definition) is 0. The van der Waals surface area contributed by atoms with Gasteiger partial charge in [-0.05, 0) is 36.1 Å². The Bertz CT molecular complexity index is 845. The Hall–Kier alpha value is -2.58. The van der Waals surface area contributed by atoms with Gasteiger partial charge in [-0.3, -0.25) is 4.79 Å². The summed E-state index contributed by atoms with van der Waals surface area (Å²) in [5, 5.41) is 9.75. The Labute approximate surface area is 145 Å². The molecule has 1 aliphatic rings. The van der Waals surface area contributed by atoms with E-state index >= 15 is 0 Å². The van der Waals surface area contributed by atoms with Crippen molar-refractivity contribution in [1.82, 2.24) is 9.88 Å². The summed E-state index contributed by atoms with van der Waals surface area (Å²) >= 11 is 5.98. The molecule has 1 aromatic heterocycles. The molecule has 0 aliphatic heterocycles. The number of carbonyl (C=O) groups is 1. The first-order chi connectivity index (χ1) is 11.6. The quantitative estimate of drug-likeness (QED) is 0.858. The molecule has 1 aliphatic carbocycles. The third-order valence-corrected chi connectivity index (χ3v) is 4.57. The van der Waals surface area contributed by atoms with Crippen molar-refractivity contribution in [2.45, 2.75) is 18.9 Å². The molecule has 6 heteroatoms. The number of pyridine rings is 1. The van der Waals surface area contributed by atoms with E-state index in [1.54, 1.807) is 24.1 Å². The fourth-order valence-corrected chi connectivity index (χ4v) is 3.38. The normalized spacial score (nSPS) is 15.5. The number of carbonyl (C=O) groups excluding carboxylic acids is 1. The number of hydrogen-bond acceptors (Lipinski definition) is 4. The molecule has 0 bridgehead atoms. The van der Waals surface area contributed by atoms with Crippen LogP contribution in [0.3, 0.4) is 0 Å². The molecule has 1 aromatic carbocycles. The average molecular weight is 342 g/mol. The van der Waals surface area contributed by atoms with E-state index in [0.717, 1.165) is 24.0 Å². The first-order valence-electron chi connectivity index (χ1n) is 7.55. The minimum atomic E-state index is -0.229. The van der Waals surface area contributed by atoms with Crippen LogP contribution in [0, 0.1) is 11.3 Å². The average Bonchev–Trinajstić information content (AvgIpc) is 3.04. The van der Waals surface area contributed by atoms with Crippen molar-refractivity contribution < 1.29 is 9.53 Å². The maximum atomic E-state index is 12.9. The minimum Gasteiger partial charge on any atom is -0.480 e. The van der Waals surface area contributed by atoms with Crippen LogP contribution in [0.25, 0.3) is 0 Å². The Balaban J connectivity index is 1.98. The van der Waals surface area contributed by atoms with Crippen molar-refractivity contribution in [1.29, 1.82) is 5.26 Å². The van der Waals surface area contributed by atoms with E-state index in [4.69, 9.17) is 16.3 Å². The number of nitriles is 1. The van der Waals surface area contributed by atoms with Crippen molar-refractivity contribution >= 4 is 17.5 Å². The third-order valence-electron chi connectivity index (χ3n) is 4.37. The molecule has 0 fully saturated rings. The van der Waals surface area contributed by atoms with E-state index < -0.39 is 0 Å². The number of methoxy groups -OCH3 is 1. The summed E-state index contributed by atoms with van der Waals surface area (Å²) < 4.78 is 5.18. The highest BCUT2D eigenvalue weighted by Crippen LogP contribution is 2.38. The topological polar surface area (TPSA) is 66.2 Å². The van der Waals surface area contributed by atoms with E-state index in [1.165, 1.54) is 13.3 Å². The van der Waals surface area contributed by atoms with Crippen molar-refractivity contribution in [2.24, 2.45) is 0 Å². The molecule has 5 nitrogen and oxygen atoms in total. The number of aryl methyl sites for hydroxylation is 1. The molecule has 122 valence electrons. The lowest BCUT2D eigenvalue weighted by Crippen LogP contribution is -2.31. The molecule has 1 amide bonds. The first-order valence-corrected chi connectivity index (χ1v) is 7.93. The van der Waals surface area contributed by atoms with Gasteiger partial charge in [0.25, 0.3) is 5.91 Å². The number of ether oxygens (including phenoxy) is 1. The lowest BCUT2D eigenvalue weighted by Gasteiger charge is -2.26. The fraction of sp³-hybridized carbons (Fsp3) is 0.278. The molecule has 0 spiro atoms. The highest BCUT2D eigenvalue weighted by atomic mass is 35.5. The fourth-order valence-electron chi connectivity index (χ4n) is 3.22. The van der Waals surface area contributed by atoms with Crippen LogP contribution in [0.1, 0.15) is 39.5 Å². The predicted molar refractivity (Wildman–Crippen MR) is 90.1 cm³/mol. The minimum absolute atomic E-state index is 0.146. The number of amides is 1. The number of nitrogens with zero attached hydrogens (tertiary/aromatic N) is 3. The molecular weight excluding hydrogens is 326 g/mol. The molecule has 0 radical (unpaired) electrons. The van der Waals surface area contributed by atoms with Crippen LogP contribution in [0.15, 0.2) is 30.5 Å². The van der Waals surface area contributed by atoms with Crippen LogP contribution < -0.4 is 4.74 Å². The van der Waals surface area contributed by atoms with E-state index in [1.807, 2.05) is 12.1 Å². The zero-order valence-electron chi connectivity index (χ0n) is 13.4. The van der Waals surface area contributed by atoms with Gasteiger partial charge >= 0.3 is 0 Å². The van der Waals surface area contributed by atoms with Gasteiger partial charge in [-0.2, -0.15) is 5.26 Å². The SMILES string of the molecule is COc1ncc(Cl)cc1C(=O)N(C)C1CCc2cccc(C#N)c21. The van der Waals surface area contributed by atoms with Crippen molar-refractivity contribution in [2.75, 3.05) is 14.2 Å². The highest BCUT2D eigenvalue weighted by Gasteiger charge is 2.32. The Morgan fingerprint density at radius 3 is 3.00 bits per heavy atom. The van der Waals surface area contributed by atoms with Crippen LogP contribution in [0.4, 0.5) is 0 Å². The first kappa shape index (κ1) is 16.3. The lowest BCUT2D eigenvalue weighted by atomic mass is 10.0. The monoisotopic (exact) mass is 341 g/mol. The van der Waals surface area contributed by atoms with Gasteiger partial charge in [0.1, 0.15) is 5.56 Å². The van der Waals surface area contributed by atoms with Gasteiger partial charge < -0.3 is 9.64 Å². The molecule has 2 aromatic rings. The van der Waals surface area contributed by atoms with Crippen molar-refractivity contribution in [3.05, 3.63) is 57.7 Å². The van der Waals surface area contributed by atoms with Gasteiger partial charge in [0, 0.05) is 13.2 Å². The molecule has 1 unspecified atom stereocenters. The summed E-state index contributed by atoms with van der Waals surface area (Å²) in [6, 6.07) is 9.31. The smallest absolute Gasteiger partial charge is 0.259 e. The maximum Gasteiger partial charge on any atom is 0.259 e. The summed E-state index contributed by atoms with van der Waals surface area (Å²) in [4.78, 5) is 18.6. The number of aromatic nitrogens is 1. The Kier molecular flexibility index (Phi) is 4.41. The largest absolute Gasteiger partial charge is 0.480 e. The third kappa shape index (κ3) is 2.70. The molecule has 0 saturated carbocycles. The van der Waals surface area contributed by atoms with E-state index in [-0.39, 0.29) is 17.8 Å². The second kappa shape index (κ2) is 6.50. The summed E-state index contributed by atoms with van der Waals surface area (Å²) in [5.41, 5.74) is 2.99. The summed E-state index contributed by atoms with van der Waals surface area (Å²) in [6.45, 7) is 0.